The van der Waals surface area contributed by atoms with E-state index in [-0.39, 0.29) is 16.7 Å². The van der Waals surface area contributed by atoms with Gasteiger partial charge in [0, 0.05) is 25.7 Å². The SMILES string of the molecule is CCCNc1ccc([N+](=O)[O-])c(N(C)C(C)CC(C)C)n1. The van der Waals surface area contributed by atoms with Crippen molar-refractivity contribution in [1.82, 2.24) is 4.98 Å². The number of hydrogen-bond donors (Lipinski definition) is 1. The molecule has 1 atom stereocenters. The van der Waals surface area contributed by atoms with E-state index in [9.17, 15) is 10.1 Å². The van der Waals surface area contributed by atoms with E-state index in [1.807, 2.05) is 11.9 Å². The van der Waals surface area contributed by atoms with Crippen molar-refractivity contribution in [1.29, 1.82) is 0 Å². The topological polar surface area (TPSA) is 71.3 Å². The lowest BCUT2D eigenvalue weighted by Gasteiger charge is -2.27. The van der Waals surface area contributed by atoms with E-state index in [0.29, 0.717) is 17.6 Å². The molecule has 0 aliphatic rings. The van der Waals surface area contributed by atoms with Crippen LogP contribution in [0.25, 0.3) is 0 Å². The number of nitro groups is 1. The first-order valence-electron chi connectivity index (χ1n) is 7.48. The van der Waals surface area contributed by atoms with Crippen molar-refractivity contribution in [2.75, 3.05) is 23.8 Å². The summed E-state index contributed by atoms with van der Waals surface area (Å²) in [6.45, 7) is 9.22. The number of anilines is 2. The molecule has 0 spiro atoms. The Morgan fingerprint density at radius 1 is 1.38 bits per heavy atom. The Morgan fingerprint density at radius 3 is 2.57 bits per heavy atom. The van der Waals surface area contributed by atoms with E-state index in [4.69, 9.17) is 0 Å². The number of nitrogens with zero attached hydrogens (tertiary/aromatic N) is 3. The van der Waals surface area contributed by atoms with Gasteiger partial charge in [-0.3, -0.25) is 10.1 Å². The first kappa shape index (κ1) is 17.2. The Bertz CT molecular complexity index is 477. The molecule has 0 fully saturated rings. The van der Waals surface area contributed by atoms with Crippen molar-refractivity contribution in [2.24, 2.45) is 5.92 Å². The molecule has 1 heterocycles. The summed E-state index contributed by atoms with van der Waals surface area (Å²) in [4.78, 5) is 17.2. The third-order valence-electron chi connectivity index (χ3n) is 3.42. The van der Waals surface area contributed by atoms with Gasteiger partial charge in [-0.2, -0.15) is 0 Å². The smallest absolute Gasteiger partial charge is 0.311 e. The van der Waals surface area contributed by atoms with Gasteiger partial charge in [0.15, 0.2) is 0 Å². The van der Waals surface area contributed by atoms with E-state index < -0.39 is 0 Å². The molecule has 6 heteroatoms. The minimum atomic E-state index is -0.371. The zero-order valence-corrected chi connectivity index (χ0v) is 13.6. The molecule has 1 aromatic rings. The van der Waals surface area contributed by atoms with E-state index in [2.05, 4.69) is 38.0 Å². The number of aromatic nitrogens is 1. The average molecular weight is 294 g/mol. The highest BCUT2D eigenvalue weighted by atomic mass is 16.6. The van der Waals surface area contributed by atoms with Crippen LogP contribution in [0.4, 0.5) is 17.3 Å². The quantitative estimate of drug-likeness (QED) is 0.585. The van der Waals surface area contributed by atoms with Crippen molar-refractivity contribution < 1.29 is 4.92 Å². The van der Waals surface area contributed by atoms with Crippen LogP contribution in [0.15, 0.2) is 12.1 Å². The van der Waals surface area contributed by atoms with Gasteiger partial charge in [0.05, 0.1) is 4.92 Å². The molecule has 0 amide bonds. The molecule has 0 aliphatic carbocycles. The molecule has 1 aromatic heterocycles. The molecule has 0 aliphatic heterocycles. The standard InChI is InChI=1S/C15H26N4O2/c1-6-9-16-14-8-7-13(19(20)21)15(17-14)18(5)12(4)10-11(2)3/h7-8,11-12H,6,9-10H2,1-5H3,(H,16,17). The molecule has 21 heavy (non-hydrogen) atoms. The first-order chi connectivity index (χ1) is 9.86. The van der Waals surface area contributed by atoms with Gasteiger partial charge >= 0.3 is 5.69 Å². The maximum absolute atomic E-state index is 11.2. The van der Waals surface area contributed by atoms with Gasteiger partial charge in [-0.1, -0.05) is 20.8 Å². The van der Waals surface area contributed by atoms with Crippen molar-refractivity contribution in [3.8, 4) is 0 Å². The number of hydrogen-bond acceptors (Lipinski definition) is 5. The van der Waals surface area contributed by atoms with E-state index >= 15 is 0 Å². The highest BCUT2D eigenvalue weighted by Crippen LogP contribution is 2.29. The number of rotatable bonds is 8. The van der Waals surface area contributed by atoms with Gasteiger partial charge < -0.3 is 10.2 Å². The van der Waals surface area contributed by atoms with Crippen LogP contribution in [0.3, 0.4) is 0 Å². The van der Waals surface area contributed by atoms with E-state index in [1.54, 1.807) is 6.07 Å². The summed E-state index contributed by atoms with van der Waals surface area (Å²) in [5.74, 6) is 1.64. The molecule has 0 aromatic carbocycles. The summed E-state index contributed by atoms with van der Waals surface area (Å²) >= 11 is 0. The van der Waals surface area contributed by atoms with E-state index in [0.717, 1.165) is 19.4 Å². The van der Waals surface area contributed by atoms with Crippen molar-refractivity contribution >= 4 is 17.3 Å². The molecular weight excluding hydrogens is 268 g/mol. The monoisotopic (exact) mass is 294 g/mol. The second-order valence-electron chi connectivity index (χ2n) is 5.81. The van der Waals surface area contributed by atoms with Crippen LogP contribution in [0, 0.1) is 16.0 Å². The largest absolute Gasteiger partial charge is 0.370 e. The molecule has 6 nitrogen and oxygen atoms in total. The average Bonchev–Trinajstić information content (AvgIpc) is 2.43. The molecule has 0 saturated heterocycles. The zero-order valence-electron chi connectivity index (χ0n) is 13.6. The van der Waals surface area contributed by atoms with Crippen LogP contribution < -0.4 is 10.2 Å². The number of nitrogens with one attached hydrogen (secondary N) is 1. The summed E-state index contributed by atoms with van der Waals surface area (Å²) in [7, 11) is 1.87. The lowest BCUT2D eigenvalue weighted by Crippen LogP contribution is -2.31. The Morgan fingerprint density at radius 2 is 2.05 bits per heavy atom. The third kappa shape index (κ3) is 4.88. The van der Waals surface area contributed by atoms with Crippen molar-refractivity contribution in [2.45, 2.75) is 46.6 Å². The summed E-state index contributed by atoms with van der Waals surface area (Å²) in [5.41, 5.74) is 0.0511. The van der Waals surface area contributed by atoms with Crippen LogP contribution in [0.1, 0.15) is 40.5 Å². The lowest BCUT2D eigenvalue weighted by atomic mass is 10.0. The summed E-state index contributed by atoms with van der Waals surface area (Å²) < 4.78 is 0. The van der Waals surface area contributed by atoms with Crippen LogP contribution in [0.2, 0.25) is 0 Å². The second kappa shape index (κ2) is 7.81. The van der Waals surface area contributed by atoms with Crippen LogP contribution in [-0.4, -0.2) is 29.5 Å². The van der Waals surface area contributed by atoms with E-state index in [1.165, 1.54) is 6.07 Å². The molecule has 118 valence electrons. The lowest BCUT2D eigenvalue weighted by molar-refractivity contribution is -0.384. The fraction of sp³-hybridized carbons (Fsp3) is 0.667. The van der Waals surface area contributed by atoms with Gasteiger partial charge in [-0.15, -0.1) is 0 Å². The Labute approximate surface area is 126 Å². The highest BCUT2D eigenvalue weighted by Gasteiger charge is 2.23. The summed E-state index contributed by atoms with van der Waals surface area (Å²) in [6, 6.07) is 3.38. The Hall–Kier alpha value is -1.85. The number of pyridine rings is 1. The summed E-state index contributed by atoms with van der Waals surface area (Å²) in [6.07, 6.45) is 1.94. The van der Waals surface area contributed by atoms with Crippen LogP contribution >= 0.6 is 0 Å². The molecule has 1 rings (SSSR count). The highest BCUT2D eigenvalue weighted by molar-refractivity contribution is 5.61. The van der Waals surface area contributed by atoms with Crippen LogP contribution in [0.5, 0.6) is 0 Å². The molecule has 1 N–H and O–H groups in total. The Balaban J connectivity index is 3.07. The molecule has 0 radical (unpaired) electrons. The van der Waals surface area contributed by atoms with Gasteiger partial charge in [-0.05, 0) is 31.7 Å². The molecule has 0 bridgehead atoms. The normalized spacial score (nSPS) is 12.3. The molecule has 1 unspecified atom stereocenters. The second-order valence-corrected chi connectivity index (χ2v) is 5.81. The molecule has 0 saturated carbocycles. The summed E-state index contributed by atoms with van der Waals surface area (Å²) in [5, 5.41) is 14.4. The minimum Gasteiger partial charge on any atom is -0.370 e. The zero-order chi connectivity index (χ0) is 16.0. The van der Waals surface area contributed by atoms with Gasteiger partial charge in [0.25, 0.3) is 0 Å². The predicted octanol–water partition coefficient (Wildman–Crippen LogP) is 3.68. The minimum absolute atomic E-state index is 0.0511. The van der Waals surface area contributed by atoms with Gasteiger partial charge in [0.2, 0.25) is 5.82 Å². The van der Waals surface area contributed by atoms with Gasteiger partial charge in [-0.25, -0.2) is 4.98 Å². The van der Waals surface area contributed by atoms with Crippen molar-refractivity contribution in [3.63, 3.8) is 0 Å². The first-order valence-corrected chi connectivity index (χ1v) is 7.48. The van der Waals surface area contributed by atoms with Crippen LogP contribution in [-0.2, 0) is 0 Å². The fourth-order valence-corrected chi connectivity index (χ4v) is 2.24. The maximum atomic E-state index is 11.2. The molecular formula is C15H26N4O2. The fourth-order valence-electron chi connectivity index (χ4n) is 2.24. The third-order valence-corrected chi connectivity index (χ3v) is 3.42. The Kier molecular flexibility index (Phi) is 6.39. The van der Waals surface area contributed by atoms with Gasteiger partial charge in [0.1, 0.15) is 5.82 Å². The maximum Gasteiger partial charge on any atom is 0.311 e. The van der Waals surface area contributed by atoms with Crippen molar-refractivity contribution in [3.05, 3.63) is 22.2 Å². The predicted molar refractivity (Wildman–Crippen MR) is 87.0 cm³/mol.